The fraction of sp³-hybridized carbons (Fsp3) is 0.235. The first-order chi connectivity index (χ1) is 8.68. The average molecular weight is 235 g/mol. The summed E-state index contributed by atoms with van der Waals surface area (Å²) in [5.41, 5.74) is 2.65. The van der Waals surface area contributed by atoms with Crippen LogP contribution in [-0.4, -0.2) is 4.98 Å². The van der Waals surface area contributed by atoms with Gasteiger partial charge in [-0.05, 0) is 40.1 Å². The molecule has 0 spiro atoms. The molecule has 2 aromatic carbocycles. The number of aryl methyl sites for hydroxylation is 1. The molecule has 0 N–H and O–H groups in total. The van der Waals surface area contributed by atoms with Gasteiger partial charge in [0.05, 0.1) is 0 Å². The monoisotopic (exact) mass is 235 g/mol. The Balaban J connectivity index is 2.49. The van der Waals surface area contributed by atoms with E-state index < -0.39 is 0 Å². The summed E-state index contributed by atoms with van der Waals surface area (Å²) in [6.07, 6.45) is 3.91. The maximum Gasteiger partial charge on any atom is 0.0352 e. The van der Waals surface area contributed by atoms with Gasteiger partial charge in [0.2, 0.25) is 0 Å². The van der Waals surface area contributed by atoms with E-state index in [1.165, 1.54) is 32.7 Å². The van der Waals surface area contributed by atoms with Crippen LogP contribution in [-0.2, 0) is 0 Å². The topological polar surface area (TPSA) is 12.9 Å². The van der Waals surface area contributed by atoms with Crippen molar-refractivity contribution in [1.82, 2.24) is 4.98 Å². The molecule has 3 aromatic rings. The van der Waals surface area contributed by atoms with E-state index >= 15 is 0 Å². The van der Waals surface area contributed by atoms with Crippen molar-refractivity contribution in [2.75, 3.05) is 0 Å². The summed E-state index contributed by atoms with van der Waals surface area (Å²) in [7, 11) is 0. The van der Waals surface area contributed by atoms with E-state index in [1.807, 2.05) is 12.4 Å². The van der Waals surface area contributed by atoms with E-state index in [-0.39, 0.29) is 0 Å². The van der Waals surface area contributed by atoms with Crippen molar-refractivity contribution in [3.05, 3.63) is 53.9 Å². The highest BCUT2D eigenvalue weighted by Crippen LogP contribution is 2.31. The van der Waals surface area contributed by atoms with E-state index in [0.29, 0.717) is 5.92 Å². The predicted molar refractivity (Wildman–Crippen MR) is 78.1 cm³/mol. The van der Waals surface area contributed by atoms with E-state index in [0.717, 1.165) is 0 Å². The Hall–Kier alpha value is -1.89. The Morgan fingerprint density at radius 1 is 0.833 bits per heavy atom. The molecule has 1 heteroatoms. The molecule has 18 heavy (non-hydrogen) atoms. The van der Waals surface area contributed by atoms with Crippen molar-refractivity contribution in [3.8, 4) is 0 Å². The molecule has 90 valence electrons. The molecule has 0 radical (unpaired) electrons. The molecule has 1 aromatic heterocycles. The summed E-state index contributed by atoms with van der Waals surface area (Å²) in [6.45, 7) is 6.61. The lowest BCUT2D eigenvalue weighted by Gasteiger charge is -2.12. The van der Waals surface area contributed by atoms with Gasteiger partial charge < -0.3 is 0 Å². The zero-order valence-electron chi connectivity index (χ0n) is 11.1. The van der Waals surface area contributed by atoms with Crippen molar-refractivity contribution >= 4 is 21.5 Å². The summed E-state index contributed by atoms with van der Waals surface area (Å²) in [5, 5.41) is 5.23. The molecule has 0 unspecified atom stereocenters. The molecule has 3 rings (SSSR count). The fourth-order valence-electron chi connectivity index (χ4n) is 2.69. The van der Waals surface area contributed by atoms with Crippen molar-refractivity contribution < 1.29 is 0 Å². The highest BCUT2D eigenvalue weighted by atomic mass is 14.6. The van der Waals surface area contributed by atoms with Gasteiger partial charge >= 0.3 is 0 Å². The molecule has 0 fully saturated rings. The molecule has 0 saturated carbocycles. The molecular weight excluding hydrogens is 218 g/mol. The third kappa shape index (κ3) is 1.59. The molecule has 0 aliphatic heterocycles. The summed E-state index contributed by atoms with van der Waals surface area (Å²) in [6, 6.07) is 11.0. The SMILES string of the molecule is Cc1cncc2c1ccc1c(C(C)C)cccc12. The summed E-state index contributed by atoms with van der Waals surface area (Å²) in [5.74, 6) is 0.545. The highest BCUT2D eigenvalue weighted by Gasteiger charge is 2.08. The Morgan fingerprint density at radius 3 is 2.39 bits per heavy atom. The van der Waals surface area contributed by atoms with Gasteiger partial charge in [0.1, 0.15) is 0 Å². The van der Waals surface area contributed by atoms with Crippen LogP contribution in [0.1, 0.15) is 30.9 Å². The van der Waals surface area contributed by atoms with Crippen LogP contribution in [0.3, 0.4) is 0 Å². The fourth-order valence-corrected chi connectivity index (χ4v) is 2.69. The lowest BCUT2D eigenvalue weighted by Crippen LogP contribution is -1.90. The van der Waals surface area contributed by atoms with Gasteiger partial charge in [0, 0.05) is 17.8 Å². The van der Waals surface area contributed by atoms with Crippen molar-refractivity contribution in [3.63, 3.8) is 0 Å². The molecule has 0 atom stereocenters. The van der Waals surface area contributed by atoms with Gasteiger partial charge in [-0.3, -0.25) is 4.98 Å². The minimum atomic E-state index is 0.545. The number of rotatable bonds is 1. The predicted octanol–water partition coefficient (Wildman–Crippen LogP) is 4.82. The molecule has 0 aliphatic rings. The maximum absolute atomic E-state index is 4.34. The Bertz CT molecular complexity index is 726. The molecule has 0 saturated heterocycles. The Kier molecular flexibility index (Phi) is 2.55. The summed E-state index contributed by atoms with van der Waals surface area (Å²) >= 11 is 0. The third-order valence-corrected chi connectivity index (χ3v) is 3.66. The molecule has 0 bridgehead atoms. The van der Waals surface area contributed by atoms with Crippen LogP contribution >= 0.6 is 0 Å². The van der Waals surface area contributed by atoms with E-state index in [2.05, 4.69) is 56.1 Å². The first-order valence-electron chi connectivity index (χ1n) is 6.44. The van der Waals surface area contributed by atoms with Crippen molar-refractivity contribution in [1.29, 1.82) is 0 Å². The van der Waals surface area contributed by atoms with Crippen LogP contribution in [0.2, 0.25) is 0 Å². The van der Waals surface area contributed by atoms with Crippen LogP contribution in [0.4, 0.5) is 0 Å². The smallest absolute Gasteiger partial charge is 0.0352 e. The minimum Gasteiger partial charge on any atom is -0.264 e. The second kappa shape index (κ2) is 4.09. The zero-order chi connectivity index (χ0) is 12.7. The maximum atomic E-state index is 4.34. The van der Waals surface area contributed by atoms with Crippen LogP contribution < -0.4 is 0 Å². The average Bonchev–Trinajstić information content (AvgIpc) is 2.38. The van der Waals surface area contributed by atoms with Gasteiger partial charge in [0.15, 0.2) is 0 Å². The zero-order valence-corrected chi connectivity index (χ0v) is 11.1. The van der Waals surface area contributed by atoms with Gasteiger partial charge in [-0.2, -0.15) is 0 Å². The van der Waals surface area contributed by atoms with Gasteiger partial charge in [-0.25, -0.2) is 0 Å². The largest absolute Gasteiger partial charge is 0.264 e. The van der Waals surface area contributed by atoms with Crippen molar-refractivity contribution in [2.45, 2.75) is 26.7 Å². The second-order valence-electron chi connectivity index (χ2n) is 5.21. The summed E-state index contributed by atoms with van der Waals surface area (Å²) in [4.78, 5) is 4.34. The Morgan fingerprint density at radius 2 is 1.61 bits per heavy atom. The van der Waals surface area contributed by atoms with Crippen LogP contribution in [0, 0.1) is 6.92 Å². The van der Waals surface area contributed by atoms with Crippen molar-refractivity contribution in [2.24, 2.45) is 0 Å². The molecule has 1 heterocycles. The number of pyridine rings is 1. The highest BCUT2D eigenvalue weighted by molar-refractivity contribution is 6.09. The van der Waals surface area contributed by atoms with Gasteiger partial charge in [-0.1, -0.05) is 44.2 Å². The van der Waals surface area contributed by atoms with E-state index in [9.17, 15) is 0 Å². The van der Waals surface area contributed by atoms with Crippen LogP contribution in [0.15, 0.2) is 42.7 Å². The lowest BCUT2D eigenvalue weighted by molar-refractivity contribution is 0.876. The van der Waals surface area contributed by atoms with Gasteiger partial charge in [-0.15, -0.1) is 0 Å². The van der Waals surface area contributed by atoms with Gasteiger partial charge in [0.25, 0.3) is 0 Å². The molecule has 0 aliphatic carbocycles. The number of hydrogen-bond acceptors (Lipinski definition) is 1. The second-order valence-corrected chi connectivity index (χ2v) is 5.21. The number of fused-ring (bicyclic) bond motifs is 3. The lowest BCUT2D eigenvalue weighted by atomic mass is 9.93. The summed E-state index contributed by atoms with van der Waals surface area (Å²) < 4.78 is 0. The van der Waals surface area contributed by atoms with Crippen LogP contribution in [0.5, 0.6) is 0 Å². The minimum absolute atomic E-state index is 0.545. The normalized spacial score (nSPS) is 11.6. The Labute approximate surface area is 107 Å². The first kappa shape index (κ1) is 11.2. The van der Waals surface area contributed by atoms with E-state index in [4.69, 9.17) is 0 Å². The molecule has 0 amide bonds. The van der Waals surface area contributed by atoms with Crippen LogP contribution in [0.25, 0.3) is 21.5 Å². The standard InChI is InChI=1S/C17H17N/c1-11(2)13-5-4-6-15-16(13)8-7-14-12(3)9-18-10-17(14)15/h4-11H,1-3H3. The number of benzene rings is 2. The number of nitrogens with zero attached hydrogens (tertiary/aromatic N) is 1. The van der Waals surface area contributed by atoms with E-state index in [1.54, 1.807) is 0 Å². The number of hydrogen-bond donors (Lipinski definition) is 0. The first-order valence-corrected chi connectivity index (χ1v) is 6.44. The quantitative estimate of drug-likeness (QED) is 0.551. The number of aromatic nitrogens is 1. The molecular formula is C17H17N. The molecule has 1 nitrogen and oxygen atoms in total. The third-order valence-electron chi connectivity index (χ3n) is 3.66.